The van der Waals surface area contributed by atoms with Crippen molar-refractivity contribution in [3.05, 3.63) is 125 Å². The number of amides is 1. The Morgan fingerprint density at radius 1 is 1.00 bits per heavy atom. The Hall–Kier alpha value is -4.14. The number of thiazole rings is 1. The van der Waals surface area contributed by atoms with Crippen LogP contribution in [0.4, 0.5) is 0 Å². The fourth-order valence-electron chi connectivity index (χ4n) is 5.13. The van der Waals surface area contributed by atoms with Crippen molar-refractivity contribution in [2.45, 2.75) is 40.3 Å². The lowest BCUT2D eigenvalue weighted by Crippen LogP contribution is -2.43. The lowest BCUT2D eigenvalue weighted by molar-refractivity contribution is -0.127. The largest absolute Gasteiger partial charge is 0.490 e. The molecule has 1 aromatic heterocycles. The van der Waals surface area contributed by atoms with Crippen LogP contribution in [0.1, 0.15) is 50.4 Å². The van der Waals surface area contributed by atoms with E-state index >= 15 is 0 Å². The zero-order valence-corrected chi connectivity index (χ0v) is 26.2. The van der Waals surface area contributed by atoms with Gasteiger partial charge in [-0.05, 0) is 74.7 Å². The van der Waals surface area contributed by atoms with Crippen molar-refractivity contribution >= 4 is 34.9 Å². The molecule has 2 heterocycles. The highest BCUT2D eigenvalue weighted by Crippen LogP contribution is 2.32. The number of hydrogen-bond donors (Lipinski definition) is 0. The summed E-state index contributed by atoms with van der Waals surface area (Å²) in [5, 5.41) is 0.578. The van der Waals surface area contributed by atoms with Gasteiger partial charge in [0.1, 0.15) is 6.61 Å². The lowest BCUT2D eigenvalue weighted by atomic mass is 9.94. The Morgan fingerprint density at radius 2 is 1.72 bits per heavy atom. The molecule has 0 N–H and O–H groups in total. The van der Waals surface area contributed by atoms with Gasteiger partial charge < -0.3 is 14.4 Å². The minimum Gasteiger partial charge on any atom is -0.490 e. The molecule has 1 aliphatic heterocycles. The van der Waals surface area contributed by atoms with Crippen LogP contribution in [-0.4, -0.2) is 35.1 Å². The molecule has 0 bridgehead atoms. The summed E-state index contributed by atoms with van der Waals surface area (Å²) >= 11 is 7.50. The van der Waals surface area contributed by atoms with Gasteiger partial charge >= 0.3 is 0 Å². The van der Waals surface area contributed by atoms with E-state index in [9.17, 15) is 9.59 Å². The van der Waals surface area contributed by atoms with Crippen LogP contribution in [0, 0.1) is 0 Å². The average molecular weight is 616 g/mol. The van der Waals surface area contributed by atoms with Crippen LogP contribution >= 0.6 is 22.9 Å². The third-order valence-electron chi connectivity index (χ3n) is 7.29. The van der Waals surface area contributed by atoms with Crippen LogP contribution in [0.15, 0.2) is 93.9 Å². The van der Waals surface area contributed by atoms with E-state index in [2.05, 4.69) is 0 Å². The second-order valence-electron chi connectivity index (χ2n) is 10.0. The molecule has 0 saturated heterocycles. The first-order chi connectivity index (χ1) is 20.8. The standard InChI is InChI=1S/C34H34ClN3O4S/c1-5-37(6-2)33(40)30-22(4)36-34-38(31(30)25-14-16-26(35)17-15-25)32(39)29(43-34)20-24-13-18-27(28(19-24)41-7-3)42-21-23-11-9-8-10-12-23/h8-20,31H,5-7,21H2,1-4H3/b29-20+/t31-/m1/s1. The summed E-state index contributed by atoms with van der Waals surface area (Å²) in [5.41, 5.74) is 3.51. The Morgan fingerprint density at radius 3 is 2.40 bits per heavy atom. The SMILES string of the molecule is CCOc1cc(/C=c2/sc3n(c2=O)[C@H](c2ccc(Cl)cc2)C(C(=O)N(CC)CC)=C(C)N=3)ccc1OCc1ccccc1. The molecule has 1 aliphatic rings. The Labute approximate surface area is 260 Å². The van der Waals surface area contributed by atoms with Crippen LogP contribution < -0.4 is 24.4 Å². The fraction of sp³-hybridized carbons (Fsp3) is 0.265. The van der Waals surface area contributed by atoms with E-state index in [4.69, 9.17) is 26.1 Å². The highest BCUT2D eigenvalue weighted by Gasteiger charge is 2.34. The highest BCUT2D eigenvalue weighted by atomic mass is 35.5. The van der Waals surface area contributed by atoms with Crippen LogP contribution in [0.5, 0.6) is 11.5 Å². The van der Waals surface area contributed by atoms with Crippen molar-refractivity contribution in [3.63, 3.8) is 0 Å². The molecule has 1 amide bonds. The maximum atomic E-state index is 14.0. The van der Waals surface area contributed by atoms with Crippen molar-refractivity contribution < 1.29 is 14.3 Å². The Kier molecular flexibility index (Phi) is 9.48. The van der Waals surface area contributed by atoms with Crippen molar-refractivity contribution in [3.8, 4) is 11.5 Å². The van der Waals surface area contributed by atoms with E-state index in [0.717, 1.165) is 16.7 Å². The molecule has 0 radical (unpaired) electrons. The molecule has 4 aromatic rings. The van der Waals surface area contributed by atoms with Crippen molar-refractivity contribution in [2.24, 2.45) is 4.99 Å². The molecule has 0 aliphatic carbocycles. The smallest absolute Gasteiger partial charge is 0.271 e. The van der Waals surface area contributed by atoms with Gasteiger partial charge in [0.05, 0.1) is 28.5 Å². The number of carbonyl (C=O) groups is 1. The molecule has 7 nitrogen and oxygen atoms in total. The van der Waals surface area contributed by atoms with Gasteiger partial charge in [0.15, 0.2) is 16.3 Å². The van der Waals surface area contributed by atoms with Crippen molar-refractivity contribution in [1.29, 1.82) is 0 Å². The topological polar surface area (TPSA) is 73.1 Å². The predicted molar refractivity (Wildman–Crippen MR) is 172 cm³/mol. The number of carbonyl (C=O) groups excluding carboxylic acids is 1. The second kappa shape index (κ2) is 13.4. The van der Waals surface area contributed by atoms with E-state index in [1.807, 2.05) is 94.4 Å². The number of rotatable bonds is 10. The minimum atomic E-state index is -0.628. The van der Waals surface area contributed by atoms with Gasteiger partial charge in [-0.2, -0.15) is 0 Å². The average Bonchev–Trinajstić information content (AvgIpc) is 3.31. The maximum Gasteiger partial charge on any atom is 0.271 e. The molecule has 0 saturated carbocycles. The quantitative estimate of drug-likeness (QED) is 0.228. The number of halogens is 1. The lowest BCUT2D eigenvalue weighted by Gasteiger charge is -2.29. The second-order valence-corrected chi connectivity index (χ2v) is 11.5. The van der Waals surface area contributed by atoms with Crippen molar-refractivity contribution in [2.75, 3.05) is 19.7 Å². The molecule has 43 heavy (non-hydrogen) atoms. The van der Waals surface area contributed by atoms with E-state index in [-0.39, 0.29) is 11.5 Å². The Bertz CT molecular complexity index is 1820. The van der Waals surface area contributed by atoms with Gasteiger partial charge in [0.25, 0.3) is 11.5 Å². The molecule has 3 aromatic carbocycles. The summed E-state index contributed by atoms with van der Waals surface area (Å²) < 4.78 is 14.1. The van der Waals surface area contributed by atoms with Gasteiger partial charge in [-0.15, -0.1) is 0 Å². The summed E-state index contributed by atoms with van der Waals surface area (Å²) in [6.07, 6.45) is 1.83. The predicted octanol–water partition coefficient (Wildman–Crippen LogP) is 5.73. The number of fused-ring (bicyclic) bond motifs is 1. The highest BCUT2D eigenvalue weighted by molar-refractivity contribution is 7.07. The Balaban J connectivity index is 1.57. The van der Waals surface area contributed by atoms with E-state index < -0.39 is 6.04 Å². The fourth-order valence-corrected chi connectivity index (χ4v) is 6.30. The van der Waals surface area contributed by atoms with E-state index in [1.165, 1.54) is 11.3 Å². The first-order valence-corrected chi connectivity index (χ1v) is 15.5. The number of aromatic nitrogens is 1. The molecule has 9 heteroatoms. The number of allylic oxidation sites excluding steroid dienone is 1. The van der Waals surface area contributed by atoms with Crippen LogP contribution in [0.3, 0.4) is 0 Å². The van der Waals surface area contributed by atoms with Crippen molar-refractivity contribution in [1.82, 2.24) is 9.47 Å². The molecule has 0 fully saturated rings. The monoisotopic (exact) mass is 615 g/mol. The molecule has 0 spiro atoms. The van der Waals surface area contributed by atoms with Gasteiger partial charge in [-0.3, -0.25) is 14.2 Å². The van der Waals surface area contributed by atoms with Crippen LogP contribution in [0.25, 0.3) is 6.08 Å². The van der Waals surface area contributed by atoms with Gasteiger partial charge in [0.2, 0.25) is 0 Å². The summed E-state index contributed by atoms with van der Waals surface area (Å²) in [6, 6.07) is 22.2. The first-order valence-electron chi connectivity index (χ1n) is 14.3. The van der Waals surface area contributed by atoms with E-state index in [0.29, 0.717) is 63.4 Å². The number of ether oxygens (including phenoxy) is 2. The molecule has 5 rings (SSSR count). The molecule has 0 unspecified atom stereocenters. The first kappa shape index (κ1) is 30.3. The van der Waals surface area contributed by atoms with Gasteiger partial charge in [-0.1, -0.05) is 71.5 Å². The van der Waals surface area contributed by atoms with Gasteiger partial charge in [-0.25, -0.2) is 4.99 Å². The normalized spacial score (nSPS) is 14.7. The van der Waals surface area contributed by atoms with E-state index in [1.54, 1.807) is 21.6 Å². The molecular formula is C34H34ClN3O4S. The third-order valence-corrected chi connectivity index (χ3v) is 8.53. The third kappa shape index (κ3) is 6.45. The van der Waals surface area contributed by atoms with Crippen LogP contribution in [0.2, 0.25) is 5.02 Å². The van der Waals surface area contributed by atoms with Crippen LogP contribution in [-0.2, 0) is 11.4 Å². The number of nitrogens with zero attached hydrogens (tertiary/aromatic N) is 3. The number of hydrogen-bond acceptors (Lipinski definition) is 6. The minimum absolute atomic E-state index is 0.132. The maximum absolute atomic E-state index is 14.0. The summed E-state index contributed by atoms with van der Waals surface area (Å²) in [4.78, 5) is 34.8. The summed E-state index contributed by atoms with van der Waals surface area (Å²) in [5.74, 6) is 1.09. The zero-order valence-electron chi connectivity index (χ0n) is 24.7. The van der Waals surface area contributed by atoms with Gasteiger partial charge in [0, 0.05) is 18.1 Å². The number of likely N-dealkylation sites (N-methyl/N-ethyl adjacent to an activating group) is 1. The zero-order chi connectivity index (χ0) is 30.5. The molecule has 222 valence electrons. The molecular weight excluding hydrogens is 582 g/mol. The number of benzene rings is 3. The summed E-state index contributed by atoms with van der Waals surface area (Å²) in [6.45, 7) is 9.63. The molecule has 1 atom stereocenters. The summed E-state index contributed by atoms with van der Waals surface area (Å²) in [7, 11) is 0.